The first-order valence-electron chi connectivity index (χ1n) is 7.51. The van der Waals surface area contributed by atoms with E-state index >= 15 is 0 Å². The minimum absolute atomic E-state index is 0.0271. The molecule has 0 saturated carbocycles. The Balaban J connectivity index is 2.49. The normalized spacial score (nSPS) is 22.3. The van der Waals surface area contributed by atoms with Gasteiger partial charge in [-0.05, 0) is 19.0 Å². The number of carbonyl (C=O) groups excluding carboxylic acids is 3. The number of nitrogens with one attached hydrogen (secondary N) is 1. The molecule has 0 spiro atoms. The summed E-state index contributed by atoms with van der Waals surface area (Å²) in [4.78, 5) is 39.4. The summed E-state index contributed by atoms with van der Waals surface area (Å²) in [5, 5.41) is 8.68. The highest BCUT2D eigenvalue weighted by atomic mass is 16.5. The van der Waals surface area contributed by atoms with Gasteiger partial charge in [0.25, 0.3) is 11.8 Å². The van der Waals surface area contributed by atoms with Crippen molar-refractivity contribution in [3.05, 3.63) is 35.9 Å². The van der Waals surface area contributed by atoms with E-state index in [0.29, 0.717) is 6.42 Å². The van der Waals surface area contributed by atoms with Crippen molar-refractivity contribution in [3.8, 4) is 0 Å². The number of hydrogen-bond donors (Lipinski definition) is 2. The fourth-order valence-electron chi connectivity index (χ4n) is 3.12. The van der Waals surface area contributed by atoms with Crippen LogP contribution in [0, 0.1) is 0 Å². The van der Waals surface area contributed by atoms with E-state index in [9.17, 15) is 14.4 Å². The molecular formula is C16H21N3O4. The Morgan fingerprint density at radius 2 is 1.96 bits per heavy atom. The van der Waals surface area contributed by atoms with Crippen molar-refractivity contribution in [1.82, 2.24) is 15.3 Å². The Morgan fingerprint density at radius 1 is 1.30 bits per heavy atom. The number of benzene rings is 1. The Morgan fingerprint density at radius 3 is 2.52 bits per heavy atom. The second kappa shape index (κ2) is 6.89. The molecule has 1 aromatic rings. The van der Waals surface area contributed by atoms with Crippen molar-refractivity contribution in [2.24, 2.45) is 0 Å². The van der Waals surface area contributed by atoms with Gasteiger partial charge in [0.2, 0.25) is 5.91 Å². The molecule has 23 heavy (non-hydrogen) atoms. The molecule has 0 aliphatic carbocycles. The van der Waals surface area contributed by atoms with Gasteiger partial charge in [-0.2, -0.15) is 0 Å². The molecule has 7 nitrogen and oxygen atoms in total. The fourth-order valence-corrected chi connectivity index (χ4v) is 3.12. The monoisotopic (exact) mass is 319 g/mol. The van der Waals surface area contributed by atoms with Crippen molar-refractivity contribution < 1.29 is 19.6 Å². The van der Waals surface area contributed by atoms with E-state index < -0.39 is 29.8 Å². The quantitative estimate of drug-likeness (QED) is 0.468. The summed E-state index contributed by atoms with van der Waals surface area (Å²) in [6, 6.07) is 9.25. The SMILES string of the molecule is CCCC1(c2ccccc2)C(=O)N(CC(=O)NO)C(=O)CN1C. The Bertz CT molecular complexity index is 605. The summed E-state index contributed by atoms with van der Waals surface area (Å²) in [6.07, 6.45) is 1.26. The van der Waals surface area contributed by atoms with Crippen LogP contribution in [0.3, 0.4) is 0 Å². The van der Waals surface area contributed by atoms with E-state index in [1.54, 1.807) is 11.9 Å². The topological polar surface area (TPSA) is 90.0 Å². The number of hydrogen-bond acceptors (Lipinski definition) is 5. The van der Waals surface area contributed by atoms with Crippen LogP contribution in [0.25, 0.3) is 0 Å². The lowest BCUT2D eigenvalue weighted by Crippen LogP contribution is -2.65. The standard InChI is InChI=1S/C16H21N3O4/c1-3-9-16(12-7-5-4-6-8-12)15(22)19(10-13(20)17-23)14(21)11-18(16)2/h4-8,23H,3,9-11H2,1-2H3,(H,17,20). The van der Waals surface area contributed by atoms with Crippen LogP contribution in [0.4, 0.5) is 0 Å². The van der Waals surface area contributed by atoms with Crippen LogP contribution < -0.4 is 5.48 Å². The first-order valence-corrected chi connectivity index (χ1v) is 7.51. The average molecular weight is 319 g/mol. The van der Waals surface area contributed by atoms with Gasteiger partial charge in [0, 0.05) is 0 Å². The molecule has 2 rings (SSSR count). The molecule has 1 saturated heterocycles. The Hall–Kier alpha value is -2.25. The molecule has 1 atom stereocenters. The maximum atomic E-state index is 13.1. The summed E-state index contributed by atoms with van der Waals surface area (Å²) in [5.74, 6) is -1.69. The molecule has 0 radical (unpaired) electrons. The zero-order valence-corrected chi connectivity index (χ0v) is 13.3. The van der Waals surface area contributed by atoms with Crippen LogP contribution >= 0.6 is 0 Å². The van der Waals surface area contributed by atoms with E-state index in [1.807, 2.05) is 37.3 Å². The highest BCUT2D eigenvalue weighted by molar-refractivity contribution is 6.06. The maximum Gasteiger partial charge on any atom is 0.263 e. The van der Waals surface area contributed by atoms with Crippen LogP contribution in [0.15, 0.2) is 30.3 Å². The minimum atomic E-state index is -0.986. The molecule has 1 aliphatic heterocycles. The van der Waals surface area contributed by atoms with E-state index in [4.69, 9.17) is 5.21 Å². The number of nitrogens with zero attached hydrogens (tertiary/aromatic N) is 2. The smallest absolute Gasteiger partial charge is 0.263 e. The summed E-state index contributed by atoms with van der Waals surface area (Å²) in [5.41, 5.74) is 1.27. The third kappa shape index (κ3) is 2.97. The van der Waals surface area contributed by atoms with E-state index in [-0.39, 0.29) is 6.54 Å². The van der Waals surface area contributed by atoms with Gasteiger partial charge in [0.15, 0.2) is 0 Å². The Labute approximate surface area is 134 Å². The minimum Gasteiger partial charge on any atom is -0.289 e. The molecular weight excluding hydrogens is 298 g/mol. The van der Waals surface area contributed by atoms with Crippen LogP contribution in [0.1, 0.15) is 25.3 Å². The van der Waals surface area contributed by atoms with Gasteiger partial charge < -0.3 is 0 Å². The molecule has 124 valence electrons. The van der Waals surface area contributed by atoms with Gasteiger partial charge in [-0.25, -0.2) is 5.48 Å². The largest absolute Gasteiger partial charge is 0.289 e. The van der Waals surface area contributed by atoms with Crippen molar-refractivity contribution in [3.63, 3.8) is 0 Å². The summed E-state index contributed by atoms with van der Waals surface area (Å²) in [7, 11) is 1.74. The number of imide groups is 1. The van der Waals surface area contributed by atoms with Gasteiger partial charge in [-0.15, -0.1) is 0 Å². The van der Waals surface area contributed by atoms with Crippen molar-refractivity contribution in [2.75, 3.05) is 20.1 Å². The number of piperazine rings is 1. The molecule has 1 aromatic carbocycles. The van der Waals surface area contributed by atoms with Crippen LogP contribution in [-0.2, 0) is 19.9 Å². The van der Waals surface area contributed by atoms with Gasteiger partial charge in [-0.3, -0.25) is 29.4 Å². The second-order valence-corrected chi connectivity index (χ2v) is 5.65. The zero-order valence-electron chi connectivity index (χ0n) is 13.3. The summed E-state index contributed by atoms with van der Waals surface area (Å²) >= 11 is 0. The first-order chi connectivity index (χ1) is 11.0. The van der Waals surface area contributed by atoms with Gasteiger partial charge in [-0.1, -0.05) is 43.7 Å². The van der Waals surface area contributed by atoms with E-state index in [1.165, 1.54) is 5.48 Å². The molecule has 3 amide bonds. The van der Waals surface area contributed by atoms with Crippen LogP contribution in [-0.4, -0.2) is 52.9 Å². The predicted molar refractivity (Wildman–Crippen MR) is 82.3 cm³/mol. The maximum absolute atomic E-state index is 13.1. The average Bonchev–Trinajstić information content (AvgIpc) is 2.56. The fraction of sp³-hybridized carbons (Fsp3) is 0.438. The molecule has 0 bridgehead atoms. The van der Waals surface area contributed by atoms with E-state index in [2.05, 4.69) is 0 Å². The highest BCUT2D eigenvalue weighted by Crippen LogP contribution is 2.37. The second-order valence-electron chi connectivity index (χ2n) is 5.65. The third-order valence-corrected chi connectivity index (χ3v) is 4.21. The van der Waals surface area contributed by atoms with E-state index in [0.717, 1.165) is 16.9 Å². The third-order valence-electron chi connectivity index (χ3n) is 4.21. The number of amides is 3. The first kappa shape index (κ1) is 17.1. The highest BCUT2D eigenvalue weighted by Gasteiger charge is 2.51. The molecule has 0 aromatic heterocycles. The molecule has 1 fully saturated rings. The van der Waals surface area contributed by atoms with Gasteiger partial charge in [0.1, 0.15) is 12.1 Å². The number of carbonyl (C=O) groups is 3. The lowest BCUT2D eigenvalue weighted by Gasteiger charge is -2.47. The zero-order chi connectivity index (χ0) is 17.0. The van der Waals surface area contributed by atoms with Gasteiger partial charge in [0.05, 0.1) is 6.54 Å². The molecule has 1 heterocycles. The lowest BCUT2D eigenvalue weighted by molar-refractivity contribution is -0.166. The summed E-state index contributed by atoms with van der Waals surface area (Å²) in [6.45, 7) is 1.51. The lowest BCUT2D eigenvalue weighted by atomic mass is 9.81. The van der Waals surface area contributed by atoms with Crippen LogP contribution in [0.5, 0.6) is 0 Å². The van der Waals surface area contributed by atoms with Crippen molar-refractivity contribution >= 4 is 17.7 Å². The molecule has 1 aliphatic rings. The number of hydroxylamine groups is 1. The van der Waals surface area contributed by atoms with Crippen molar-refractivity contribution in [1.29, 1.82) is 0 Å². The number of likely N-dealkylation sites (N-methyl/N-ethyl adjacent to an activating group) is 1. The predicted octanol–water partition coefficient (Wildman–Crippen LogP) is 0.488. The molecule has 1 unspecified atom stereocenters. The van der Waals surface area contributed by atoms with Crippen molar-refractivity contribution in [2.45, 2.75) is 25.3 Å². The Kier molecular flexibility index (Phi) is 5.12. The van der Waals surface area contributed by atoms with Crippen LogP contribution in [0.2, 0.25) is 0 Å². The summed E-state index contributed by atoms with van der Waals surface area (Å²) < 4.78 is 0. The molecule has 7 heteroatoms. The van der Waals surface area contributed by atoms with Gasteiger partial charge >= 0.3 is 0 Å². The molecule has 2 N–H and O–H groups in total. The number of rotatable bonds is 5.